The molecule has 2 unspecified atom stereocenters. The minimum atomic E-state index is -4.53. The third kappa shape index (κ3) is 53.8. The predicted octanol–water partition coefficient (Wildman–Crippen LogP) is 16.9. The van der Waals surface area contributed by atoms with E-state index < -0.39 is 13.9 Å². The van der Waals surface area contributed by atoms with Crippen molar-refractivity contribution < 1.29 is 37.3 Å². The number of carbonyl (C=O) groups excluding carboxylic acids is 1. The standard InChI is InChI=1S/C56H110NO7P/c1-6-8-10-12-14-16-18-20-22-24-26-28-30-32-34-36-38-40-42-44-46-48-51-61-53-55(54-63-65(59,60)62-52-50-57(3,4)5)64-56(58)49-47-45-43-41-39-37-35-33-31-29-27-25-23-21-19-17-15-13-11-9-7-2/h19,21,25,27,55H,6-18,20,22-24,26,28-54H2,1-5H3/b21-19-,27-25-. The van der Waals surface area contributed by atoms with E-state index in [0.29, 0.717) is 24.1 Å². The van der Waals surface area contributed by atoms with Crippen LogP contribution in [0.5, 0.6) is 0 Å². The van der Waals surface area contributed by atoms with Gasteiger partial charge in [-0.1, -0.05) is 244 Å². The highest BCUT2D eigenvalue weighted by Crippen LogP contribution is 2.38. The maximum Gasteiger partial charge on any atom is 0.306 e. The van der Waals surface area contributed by atoms with E-state index in [-0.39, 0.29) is 25.8 Å². The molecule has 0 radical (unpaired) electrons. The van der Waals surface area contributed by atoms with Crippen LogP contribution in [0.25, 0.3) is 0 Å². The van der Waals surface area contributed by atoms with Crippen molar-refractivity contribution in [2.75, 3.05) is 54.1 Å². The zero-order valence-corrected chi connectivity index (χ0v) is 44.9. The second kappa shape index (κ2) is 49.4. The van der Waals surface area contributed by atoms with Gasteiger partial charge in [-0.2, -0.15) is 0 Å². The summed E-state index contributed by atoms with van der Waals surface area (Å²) in [7, 11) is 1.37. The first-order valence-corrected chi connectivity index (χ1v) is 29.5. The lowest BCUT2D eigenvalue weighted by Crippen LogP contribution is -2.37. The smallest absolute Gasteiger partial charge is 0.306 e. The molecule has 0 aliphatic carbocycles. The quantitative estimate of drug-likeness (QED) is 0.0197. The van der Waals surface area contributed by atoms with Crippen LogP contribution in [0.1, 0.15) is 271 Å². The molecule has 8 nitrogen and oxygen atoms in total. The first-order valence-electron chi connectivity index (χ1n) is 28.1. The molecular weight excluding hydrogens is 830 g/mol. The summed E-state index contributed by atoms with van der Waals surface area (Å²) in [6.45, 7) is 5.46. The van der Waals surface area contributed by atoms with E-state index in [0.717, 1.165) is 38.5 Å². The van der Waals surface area contributed by atoms with Crippen molar-refractivity contribution in [2.24, 2.45) is 0 Å². The maximum atomic E-state index is 12.8. The second-order valence-corrected chi connectivity index (χ2v) is 21.7. The average molecular weight is 940 g/mol. The van der Waals surface area contributed by atoms with Gasteiger partial charge in [0, 0.05) is 13.0 Å². The third-order valence-corrected chi connectivity index (χ3v) is 13.5. The topological polar surface area (TPSA) is 94.1 Å². The molecule has 0 aromatic rings. The molecule has 0 saturated carbocycles. The van der Waals surface area contributed by atoms with Gasteiger partial charge in [0.25, 0.3) is 7.82 Å². The number of hydrogen-bond donors (Lipinski definition) is 0. The summed E-state index contributed by atoms with van der Waals surface area (Å²) in [5.41, 5.74) is 0. The van der Waals surface area contributed by atoms with E-state index in [1.165, 1.54) is 212 Å². The lowest BCUT2D eigenvalue weighted by atomic mass is 10.0. The first-order chi connectivity index (χ1) is 31.6. The van der Waals surface area contributed by atoms with Crippen molar-refractivity contribution in [3.8, 4) is 0 Å². The van der Waals surface area contributed by atoms with Crippen LogP contribution < -0.4 is 4.89 Å². The Kier molecular flexibility index (Phi) is 48.6. The summed E-state index contributed by atoms with van der Waals surface area (Å²) in [5, 5.41) is 0. The number of ether oxygens (including phenoxy) is 2. The molecule has 0 aromatic heterocycles. The van der Waals surface area contributed by atoms with Crippen molar-refractivity contribution in [1.82, 2.24) is 0 Å². The number of phosphoric acid groups is 1. The van der Waals surface area contributed by atoms with Crippen LogP contribution in [0.2, 0.25) is 0 Å². The molecule has 0 aromatic carbocycles. The number of carbonyl (C=O) groups is 1. The van der Waals surface area contributed by atoms with Gasteiger partial charge in [-0.05, 0) is 44.9 Å². The Balaban J connectivity index is 4.07. The summed E-state index contributed by atoms with van der Waals surface area (Å²) in [5.74, 6) is -0.332. The van der Waals surface area contributed by atoms with Gasteiger partial charge in [0.2, 0.25) is 0 Å². The largest absolute Gasteiger partial charge is 0.756 e. The van der Waals surface area contributed by atoms with Gasteiger partial charge in [0.1, 0.15) is 19.3 Å². The number of nitrogens with zero attached hydrogens (tertiary/aromatic N) is 1. The molecule has 0 spiro atoms. The van der Waals surface area contributed by atoms with E-state index in [9.17, 15) is 14.3 Å². The van der Waals surface area contributed by atoms with Gasteiger partial charge in [0.15, 0.2) is 0 Å². The SMILES string of the molecule is CCCCCCC/C=C\C/C=C\CCCCCCCCCCCC(=O)OC(COCCCCCCCCCCCCCCCCCCCCCCCC)COP(=O)([O-])OCC[N+](C)(C)C. The summed E-state index contributed by atoms with van der Waals surface area (Å²) in [4.78, 5) is 25.2. The van der Waals surface area contributed by atoms with Crippen molar-refractivity contribution >= 4 is 13.8 Å². The van der Waals surface area contributed by atoms with Crippen LogP contribution in [0.15, 0.2) is 24.3 Å². The highest BCUT2D eigenvalue weighted by Gasteiger charge is 2.20. The number of rotatable bonds is 53. The molecule has 0 N–H and O–H groups in total. The van der Waals surface area contributed by atoms with Gasteiger partial charge in [-0.3, -0.25) is 9.36 Å². The Hall–Kier alpha value is -1.02. The van der Waals surface area contributed by atoms with Crippen molar-refractivity contribution in [3.63, 3.8) is 0 Å². The van der Waals surface area contributed by atoms with Crippen LogP contribution in [-0.4, -0.2) is 70.7 Å². The molecule has 0 saturated heterocycles. The average Bonchev–Trinajstić information content (AvgIpc) is 3.27. The van der Waals surface area contributed by atoms with E-state index in [1.807, 2.05) is 21.1 Å². The van der Waals surface area contributed by atoms with Gasteiger partial charge >= 0.3 is 5.97 Å². The minimum absolute atomic E-state index is 0.0278. The van der Waals surface area contributed by atoms with Gasteiger partial charge in [0.05, 0.1) is 34.4 Å². The molecule has 2 atom stereocenters. The fourth-order valence-electron chi connectivity index (χ4n) is 8.17. The Morgan fingerprint density at radius 1 is 0.477 bits per heavy atom. The highest BCUT2D eigenvalue weighted by atomic mass is 31.2. The molecule has 0 aliphatic heterocycles. The Morgan fingerprint density at radius 3 is 1.25 bits per heavy atom. The van der Waals surface area contributed by atoms with Gasteiger partial charge < -0.3 is 27.9 Å². The van der Waals surface area contributed by atoms with E-state index in [1.54, 1.807) is 0 Å². The second-order valence-electron chi connectivity index (χ2n) is 20.3. The van der Waals surface area contributed by atoms with E-state index >= 15 is 0 Å². The van der Waals surface area contributed by atoms with Crippen LogP contribution in [0.3, 0.4) is 0 Å². The summed E-state index contributed by atoms with van der Waals surface area (Å²) >= 11 is 0. The molecule has 0 heterocycles. The molecule has 0 rings (SSSR count). The monoisotopic (exact) mass is 940 g/mol. The lowest BCUT2D eigenvalue weighted by Gasteiger charge is -2.28. The molecule has 386 valence electrons. The van der Waals surface area contributed by atoms with Crippen LogP contribution in [-0.2, 0) is 27.9 Å². The van der Waals surface area contributed by atoms with Crippen LogP contribution >= 0.6 is 7.82 Å². The Morgan fingerprint density at radius 2 is 0.846 bits per heavy atom. The van der Waals surface area contributed by atoms with Crippen LogP contribution in [0, 0.1) is 0 Å². The predicted molar refractivity (Wildman–Crippen MR) is 277 cm³/mol. The van der Waals surface area contributed by atoms with E-state index in [4.69, 9.17) is 18.5 Å². The number of likely N-dealkylation sites (N-methyl/N-ethyl adjacent to an activating group) is 1. The number of phosphoric ester groups is 1. The van der Waals surface area contributed by atoms with Crippen molar-refractivity contribution in [2.45, 2.75) is 277 Å². The third-order valence-electron chi connectivity index (χ3n) is 12.5. The van der Waals surface area contributed by atoms with E-state index in [2.05, 4.69) is 38.2 Å². The molecule has 65 heavy (non-hydrogen) atoms. The summed E-state index contributed by atoms with van der Waals surface area (Å²) < 4.78 is 34.8. The molecule has 0 aliphatic rings. The molecule has 0 fully saturated rings. The molecule has 0 bridgehead atoms. The zero-order chi connectivity index (χ0) is 47.6. The highest BCUT2D eigenvalue weighted by molar-refractivity contribution is 7.45. The summed E-state index contributed by atoms with van der Waals surface area (Å²) in [6, 6.07) is 0. The number of allylic oxidation sites excluding steroid dienone is 4. The van der Waals surface area contributed by atoms with Crippen molar-refractivity contribution in [1.29, 1.82) is 0 Å². The van der Waals surface area contributed by atoms with Crippen LogP contribution in [0.4, 0.5) is 0 Å². The normalized spacial score (nSPS) is 13.6. The lowest BCUT2D eigenvalue weighted by molar-refractivity contribution is -0.870. The van der Waals surface area contributed by atoms with Gasteiger partial charge in [-0.25, -0.2) is 0 Å². The van der Waals surface area contributed by atoms with Gasteiger partial charge in [-0.15, -0.1) is 0 Å². The molecule has 0 amide bonds. The maximum absolute atomic E-state index is 12.8. The number of quaternary nitrogens is 1. The Bertz CT molecular complexity index is 1090. The fraction of sp³-hybridized carbons (Fsp3) is 0.911. The minimum Gasteiger partial charge on any atom is -0.756 e. The molecular formula is C56H110NO7P. The Labute approximate surface area is 404 Å². The molecule has 9 heteroatoms. The van der Waals surface area contributed by atoms with Crippen molar-refractivity contribution in [3.05, 3.63) is 24.3 Å². The zero-order valence-electron chi connectivity index (χ0n) is 44.0. The fourth-order valence-corrected chi connectivity index (χ4v) is 8.90. The number of esters is 1. The summed E-state index contributed by atoms with van der Waals surface area (Å²) in [6.07, 6.45) is 59.2. The number of hydrogen-bond acceptors (Lipinski definition) is 7. The first kappa shape index (κ1) is 64.0. The number of unbranched alkanes of at least 4 members (excludes halogenated alkanes) is 35.